The maximum Gasteiger partial charge on any atom is 0.125 e. The van der Waals surface area contributed by atoms with Gasteiger partial charge in [-0.25, -0.2) is 0 Å². The third-order valence-electron chi connectivity index (χ3n) is 3.12. The molecular formula is C16H17ClO2. The molecule has 0 aromatic heterocycles. The molecule has 0 aliphatic carbocycles. The van der Waals surface area contributed by atoms with Crippen molar-refractivity contribution in [1.29, 1.82) is 0 Å². The molecular weight excluding hydrogens is 260 g/mol. The number of para-hydroxylation sites is 1. The van der Waals surface area contributed by atoms with E-state index in [9.17, 15) is 5.11 Å². The fourth-order valence-corrected chi connectivity index (χ4v) is 2.26. The van der Waals surface area contributed by atoms with E-state index in [1.54, 1.807) is 0 Å². The second kappa shape index (κ2) is 6.09. The Labute approximate surface area is 118 Å². The molecule has 2 rings (SSSR count). The summed E-state index contributed by atoms with van der Waals surface area (Å²) in [7, 11) is 0. The zero-order valence-electron chi connectivity index (χ0n) is 11.1. The topological polar surface area (TPSA) is 29.5 Å². The zero-order chi connectivity index (χ0) is 13.8. The highest BCUT2D eigenvalue weighted by Gasteiger charge is 2.17. The van der Waals surface area contributed by atoms with Gasteiger partial charge in [0, 0.05) is 10.6 Å². The molecule has 0 aliphatic rings. The first-order chi connectivity index (χ1) is 9.15. The fourth-order valence-electron chi connectivity index (χ4n) is 2.08. The molecule has 1 N–H and O–H groups in total. The van der Waals surface area contributed by atoms with Gasteiger partial charge >= 0.3 is 0 Å². The summed E-state index contributed by atoms with van der Waals surface area (Å²) in [6.07, 6.45) is -0.735. The smallest absolute Gasteiger partial charge is 0.125 e. The summed E-state index contributed by atoms with van der Waals surface area (Å²) in [6, 6.07) is 13.1. The van der Waals surface area contributed by atoms with Crippen molar-refractivity contribution in [3.05, 3.63) is 64.2 Å². The third-order valence-corrected chi connectivity index (χ3v) is 3.53. The van der Waals surface area contributed by atoms with E-state index >= 15 is 0 Å². The Hall–Kier alpha value is -1.51. The molecule has 100 valence electrons. The molecule has 0 fully saturated rings. The van der Waals surface area contributed by atoms with Crippen molar-refractivity contribution in [3.63, 3.8) is 0 Å². The Morgan fingerprint density at radius 1 is 1.11 bits per heavy atom. The van der Waals surface area contributed by atoms with Crippen LogP contribution in [0, 0.1) is 6.92 Å². The summed E-state index contributed by atoms with van der Waals surface area (Å²) in [6.45, 7) is 4.40. The molecule has 2 aromatic rings. The molecule has 0 heterocycles. The normalized spacial score (nSPS) is 12.2. The molecule has 19 heavy (non-hydrogen) atoms. The van der Waals surface area contributed by atoms with Gasteiger partial charge in [0.05, 0.1) is 6.61 Å². The van der Waals surface area contributed by atoms with Crippen molar-refractivity contribution in [1.82, 2.24) is 0 Å². The van der Waals surface area contributed by atoms with Crippen LogP contribution in [0.3, 0.4) is 0 Å². The van der Waals surface area contributed by atoms with Crippen molar-refractivity contribution in [3.8, 4) is 5.75 Å². The van der Waals surface area contributed by atoms with E-state index in [-0.39, 0.29) is 0 Å². The Morgan fingerprint density at radius 3 is 2.53 bits per heavy atom. The minimum Gasteiger partial charge on any atom is -0.493 e. The van der Waals surface area contributed by atoms with E-state index in [0.29, 0.717) is 17.4 Å². The first kappa shape index (κ1) is 13.9. The molecule has 3 heteroatoms. The lowest BCUT2D eigenvalue weighted by Crippen LogP contribution is -2.05. The van der Waals surface area contributed by atoms with Crippen molar-refractivity contribution in [2.24, 2.45) is 0 Å². The van der Waals surface area contributed by atoms with Crippen LogP contribution >= 0.6 is 11.6 Å². The van der Waals surface area contributed by atoms with Gasteiger partial charge in [-0.3, -0.25) is 0 Å². The fraction of sp³-hybridized carbons (Fsp3) is 0.250. The number of benzene rings is 2. The van der Waals surface area contributed by atoms with Crippen molar-refractivity contribution in [2.45, 2.75) is 20.0 Å². The van der Waals surface area contributed by atoms with Crippen LogP contribution in [0.25, 0.3) is 0 Å². The molecule has 2 nitrogen and oxygen atoms in total. The van der Waals surface area contributed by atoms with Crippen molar-refractivity contribution >= 4 is 11.6 Å². The number of aliphatic hydroxyl groups is 1. The summed E-state index contributed by atoms with van der Waals surface area (Å²) in [5, 5.41) is 11.2. The first-order valence-electron chi connectivity index (χ1n) is 6.30. The summed E-state index contributed by atoms with van der Waals surface area (Å²) < 4.78 is 5.56. The molecule has 2 aromatic carbocycles. The molecule has 0 aliphatic heterocycles. The van der Waals surface area contributed by atoms with Gasteiger partial charge in [0.2, 0.25) is 0 Å². The Bertz CT molecular complexity index is 566. The predicted molar refractivity (Wildman–Crippen MR) is 77.9 cm³/mol. The zero-order valence-corrected chi connectivity index (χ0v) is 11.8. The van der Waals surface area contributed by atoms with E-state index in [2.05, 4.69) is 0 Å². The van der Waals surface area contributed by atoms with E-state index < -0.39 is 6.10 Å². The van der Waals surface area contributed by atoms with Gasteiger partial charge in [-0.1, -0.05) is 41.9 Å². The molecule has 1 unspecified atom stereocenters. The Balaban J connectivity index is 2.44. The first-order valence-corrected chi connectivity index (χ1v) is 6.67. The van der Waals surface area contributed by atoms with Crippen LogP contribution < -0.4 is 4.74 Å². The van der Waals surface area contributed by atoms with Gasteiger partial charge in [0.15, 0.2) is 0 Å². The van der Waals surface area contributed by atoms with E-state index in [1.165, 1.54) is 0 Å². The maximum atomic E-state index is 10.6. The Kier molecular flexibility index (Phi) is 4.46. The number of ether oxygens (including phenoxy) is 1. The van der Waals surface area contributed by atoms with E-state index in [4.69, 9.17) is 16.3 Å². The van der Waals surface area contributed by atoms with Gasteiger partial charge in [0.1, 0.15) is 11.9 Å². The molecule has 0 bridgehead atoms. The monoisotopic (exact) mass is 276 g/mol. The summed E-state index contributed by atoms with van der Waals surface area (Å²) in [5.74, 6) is 0.705. The average molecular weight is 277 g/mol. The molecule has 1 atom stereocenters. The molecule has 0 saturated carbocycles. The van der Waals surface area contributed by atoms with Crippen LogP contribution in [-0.4, -0.2) is 11.7 Å². The summed E-state index contributed by atoms with van der Waals surface area (Å²) >= 11 is 6.10. The highest BCUT2D eigenvalue weighted by atomic mass is 35.5. The standard InChI is InChI=1S/C16H17ClO2/c1-3-19-15-10-5-4-7-13(15)16(18)12-8-6-9-14(17)11(12)2/h4-10,16,18H,3H2,1-2H3. The number of rotatable bonds is 4. The number of aliphatic hydroxyl groups excluding tert-OH is 1. The van der Waals surface area contributed by atoms with Gasteiger partial charge in [0.25, 0.3) is 0 Å². The lowest BCUT2D eigenvalue weighted by molar-refractivity contribution is 0.211. The minimum atomic E-state index is -0.735. The Morgan fingerprint density at radius 2 is 1.79 bits per heavy atom. The van der Waals surface area contributed by atoms with Gasteiger partial charge in [-0.2, -0.15) is 0 Å². The quantitative estimate of drug-likeness (QED) is 0.910. The second-order valence-corrected chi connectivity index (χ2v) is 4.73. The summed E-state index contributed by atoms with van der Waals surface area (Å²) in [4.78, 5) is 0. The van der Waals surface area contributed by atoms with E-state index in [0.717, 1.165) is 16.7 Å². The van der Waals surface area contributed by atoms with Crippen LogP contribution in [-0.2, 0) is 0 Å². The van der Waals surface area contributed by atoms with Crippen molar-refractivity contribution < 1.29 is 9.84 Å². The number of hydrogen-bond donors (Lipinski definition) is 1. The average Bonchev–Trinajstić information content (AvgIpc) is 2.42. The van der Waals surface area contributed by atoms with Crippen LogP contribution in [0.15, 0.2) is 42.5 Å². The predicted octanol–water partition coefficient (Wildman–Crippen LogP) is 4.13. The largest absolute Gasteiger partial charge is 0.493 e. The van der Waals surface area contributed by atoms with Crippen LogP contribution in [0.4, 0.5) is 0 Å². The lowest BCUT2D eigenvalue weighted by Gasteiger charge is -2.18. The van der Waals surface area contributed by atoms with E-state index in [1.807, 2.05) is 56.3 Å². The summed E-state index contributed by atoms with van der Waals surface area (Å²) in [5.41, 5.74) is 2.46. The van der Waals surface area contributed by atoms with Crippen molar-refractivity contribution in [2.75, 3.05) is 6.61 Å². The van der Waals surface area contributed by atoms with Gasteiger partial charge in [-0.05, 0) is 37.1 Å². The number of hydrogen-bond acceptors (Lipinski definition) is 2. The lowest BCUT2D eigenvalue weighted by atomic mass is 9.97. The highest BCUT2D eigenvalue weighted by Crippen LogP contribution is 2.33. The highest BCUT2D eigenvalue weighted by molar-refractivity contribution is 6.31. The second-order valence-electron chi connectivity index (χ2n) is 4.33. The van der Waals surface area contributed by atoms with Crippen LogP contribution in [0.5, 0.6) is 5.75 Å². The number of halogens is 1. The molecule has 0 spiro atoms. The van der Waals surface area contributed by atoms with Crippen LogP contribution in [0.1, 0.15) is 29.7 Å². The molecule has 0 amide bonds. The third kappa shape index (κ3) is 2.91. The molecule has 0 saturated heterocycles. The van der Waals surface area contributed by atoms with Gasteiger partial charge < -0.3 is 9.84 Å². The minimum absolute atomic E-state index is 0.568. The maximum absolute atomic E-state index is 10.6. The van der Waals surface area contributed by atoms with Gasteiger partial charge in [-0.15, -0.1) is 0 Å². The SMILES string of the molecule is CCOc1ccccc1C(O)c1cccc(Cl)c1C. The molecule has 0 radical (unpaired) electrons. The van der Waals surface area contributed by atoms with Crippen LogP contribution in [0.2, 0.25) is 5.02 Å².